The van der Waals surface area contributed by atoms with Gasteiger partial charge in [-0.15, -0.1) is 0 Å². The van der Waals surface area contributed by atoms with Crippen molar-refractivity contribution in [3.8, 4) is 22.8 Å². The molecule has 0 saturated carbocycles. The van der Waals surface area contributed by atoms with E-state index in [0.717, 1.165) is 48.5 Å². The Hall–Kier alpha value is -3.98. The number of hydrogen-bond acceptors (Lipinski definition) is 7. The van der Waals surface area contributed by atoms with Crippen molar-refractivity contribution in [2.24, 2.45) is 0 Å². The van der Waals surface area contributed by atoms with Gasteiger partial charge in [-0.05, 0) is 24.3 Å². The van der Waals surface area contributed by atoms with Gasteiger partial charge in [-0.2, -0.15) is 0 Å². The fourth-order valence-corrected chi connectivity index (χ4v) is 4.07. The van der Waals surface area contributed by atoms with E-state index >= 15 is 0 Å². The molecule has 0 spiro atoms. The van der Waals surface area contributed by atoms with Gasteiger partial charge in [-0.3, -0.25) is 4.79 Å². The van der Waals surface area contributed by atoms with Crippen molar-refractivity contribution in [1.29, 1.82) is 0 Å². The second-order valence-electron chi connectivity index (χ2n) is 8.27. The minimum absolute atomic E-state index is 0.0711. The zero-order valence-electron chi connectivity index (χ0n) is 18.7. The number of benzene rings is 2. The lowest BCUT2D eigenvalue weighted by molar-refractivity contribution is 0.0827. The first-order valence-electron chi connectivity index (χ1n) is 10.9. The van der Waals surface area contributed by atoms with Crippen LogP contribution in [0.4, 0.5) is 11.5 Å². The van der Waals surface area contributed by atoms with Crippen molar-refractivity contribution in [3.05, 3.63) is 54.2 Å². The quantitative estimate of drug-likeness (QED) is 0.444. The number of para-hydroxylation sites is 1. The van der Waals surface area contributed by atoms with E-state index in [9.17, 15) is 4.79 Å². The summed E-state index contributed by atoms with van der Waals surface area (Å²) in [6.45, 7) is 3.76. The number of carbonyl (C=O) groups excluding carboxylic acids is 1. The minimum atomic E-state index is -0.0711. The van der Waals surface area contributed by atoms with Crippen LogP contribution in [0.1, 0.15) is 10.4 Å². The normalized spacial score (nSPS) is 13.9. The Morgan fingerprint density at radius 1 is 1.09 bits per heavy atom. The molecule has 3 heterocycles. The SMILES string of the molecule is CN(C)C(=O)c1cccc(-c2cnc(N)c(-c3nc4c(N5CCNCC5)cccc4[nH]3)n2)c1. The van der Waals surface area contributed by atoms with Crippen LogP contribution >= 0.6 is 0 Å². The van der Waals surface area contributed by atoms with Crippen molar-refractivity contribution in [1.82, 2.24) is 30.2 Å². The summed E-state index contributed by atoms with van der Waals surface area (Å²) in [5.74, 6) is 0.792. The molecule has 9 heteroatoms. The molecule has 0 atom stereocenters. The number of imidazole rings is 1. The Kier molecular flexibility index (Phi) is 5.39. The van der Waals surface area contributed by atoms with Gasteiger partial charge < -0.3 is 25.8 Å². The summed E-state index contributed by atoms with van der Waals surface area (Å²) >= 11 is 0. The molecular weight excluding hydrogens is 416 g/mol. The summed E-state index contributed by atoms with van der Waals surface area (Å²) in [5, 5.41) is 3.38. The number of nitrogens with two attached hydrogens (primary N) is 1. The average Bonchev–Trinajstić information content (AvgIpc) is 3.28. The van der Waals surface area contributed by atoms with Crippen molar-refractivity contribution in [3.63, 3.8) is 0 Å². The molecule has 0 unspecified atom stereocenters. The molecule has 2 aromatic carbocycles. The zero-order chi connectivity index (χ0) is 22.9. The van der Waals surface area contributed by atoms with Crippen molar-refractivity contribution in [2.75, 3.05) is 50.9 Å². The molecule has 9 nitrogen and oxygen atoms in total. The minimum Gasteiger partial charge on any atom is -0.382 e. The molecule has 33 heavy (non-hydrogen) atoms. The number of rotatable bonds is 4. The third-order valence-electron chi connectivity index (χ3n) is 5.79. The van der Waals surface area contributed by atoms with Crippen molar-refractivity contribution >= 4 is 28.4 Å². The molecule has 0 bridgehead atoms. The zero-order valence-corrected chi connectivity index (χ0v) is 18.7. The summed E-state index contributed by atoms with van der Waals surface area (Å²) in [6, 6.07) is 13.5. The second-order valence-corrected chi connectivity index (χ2v) is 8.27. The highest BCUT2D eigenvalue weighted by Crippen LogP contribution is 2.30. The lowest BCUT2D eigenvalue weighted by Crippen LogP contribution is -2.43. The number of amides is 1. The fourth-order valence-electron chi connectivity index (χ4n) is 4.07. The lowest BCUT2D eigenvalue weighted by Gasteiger charge is -2.29. The van der Waals surface area contributed by atoms with Gasteiger partial charge in [0.2, 0.25) is 0 Å². The van der Waals surface area contributed by atoms with Crippen LogP contribution in [0.15, 0.2) is 48.7 Å². The maximum absolute atomic E-state index is 12.4. The molecular formula is C24H26N8O. The Bertz CT molecular complexity index is 1320. The van der Waals surface area contributed by atoms with Crippen LogP contribution in [0.3, 0.4) is 0 Å². The molecule has 2 aromatic heterocycles. The van der Waals surface area contributed by atoms with E-state index in [2.05, 4.69) is 26.3 Å². The number of hydrogen-bond donors (Lipinski definition) is 3. The van der Waals surface area contributed by atoms with Crippen molar-refractivity contribution < 1.29 is 4.79 Å². The number of fused-ring (bicyclic) bond motifs is 1. The van der Waals surface area contributed by atoms with Crippen LogP contribution in [-0.4, -0.2) is 71.0 Å². The lowest BCUT2D eigenvalue weighted by atomic mass is 10.1. The van der Waals surface area contributed by atoms with Crippen LogP contribution in [0.5, 0.6) is 0 Å². The van der Waals surface area contributed by atoms with E-state index in [1.807, 2.05) is 30.3 Å². The molecule has 1 fully saturated rings. The number of aromatic amines is 1. The molecule has 1 amide bonds. The van der Waals surface area contributed by atoms with Gasteiger partial charge in [0.15, 0.2) is 11.6 Å². The number of nitrogen functional groups attached to an aromatic ring is 1. The molecule has 4 N–H and O–H groups in total. The summed E-state index contributed by atoms with van der Waals surface area (Å²) in [6.07, 6.45) is 1.62. The predicted molar refractivity (Wildman–Crippen MR) is 130 cm³/mol. The van der Waals surface area contributed by atoms with Crippen molar-refractivity contribution in [2.45, 2.75) is 0 Å². The first-order valence-corrected chi connectivity index (χ1v) is 10.9. The van der Waals surface area contributed by atoms with Gasteiger partial charge in [0.25, 0.3) is 5.91 Å². The summed E-state index contributed by atoms with van der Waals surface area (Å²) in [5.41, 5.74) is 11.6. The third kappa shape index (κ3) is 3.98. The number of piperazine rings is 1. The second kappa shape index (κ2) is 8.51. The summed E-state index contributed by atoms with van der Waals surface area (Å²) in [7, 11) is 3.46. The van der Waals surface area contributed by atoms with E-state index in [-0.39, 0.29) is 5.91 Å². The monoisotopic (exact) mass is 442 g/mol. The van der Waals surface area contributed by atoms with E-state index in [1.165, 1.54) is 0 Å². The van der Waals surface area contributed by atoms with Gasteiger partial charge >= 0.3 is 0 Å². The molecule has 168 valence electrons. The fraction of sp³-hybridized carbons (Fsp3) is 0.250. The van der Waals surface area contributed by atoms with E-state index in [0.29, 0.717) is 28.6 Å². The van der Waals surface area contributed by atoms with Gasteiger partial charge in [0, 0.05) is 51.4 Å². The number of aromatic nitrogens is 4. The highest BCUT2D eigenvalue weighted by molar-refractivity contribution is 5.95. The number of nitrogens with zero attached hydrogens (tertiary/aromatic N) is 5. The van der Waals surface area contributed by atoms with E-state index in [1.54, 1.807) is 31.3 Å². The predicted octanol–water partition coefficient (Wildman–Crippen LogP) is 2.38. The first kappa shape index (κ1) is 20.9. The van der Waals surface area contributed by atoms with Crippen LogP contribution in [0, 0.1) is 0 Å². The summed E-state index contributed by atoms with van der Waals surface area (Å²) < 4.78 is 0. The van der Waals surface area contributed by atoms with Crippen LogP contribution < -0.4 is 16.0 Å². The van der Waals surface area contributed by atoms with Crippen LogP contribution in [-0.2, 0) is 0 Å². The molecule has 4 aromatic rings. The Labute approximate surface area is 191 Å². The number of anilines is 2. The topological polar surface area (TPSA) is 116 Å². The standard InChI is InChI=1S/C24H26N8O/c1-31(2)24(33)16-6-3-5-15(13-16)18-14-27-22(25)21(28-18)23-29-17-7-4-8-19(20(17)30-23)32-11-9-26-10-12-32/h3-8,13-14,26H,9-12H2,1-2H3,(H2,25,27)(H,29,30). The van der Waals surface area contributed by atoms with Gasteiger partial charge in [0.05, 0.1) is 23.1 Å². The van der Waals surface area contributed by atoms with Gasteiger partial charge in [-0.1, -0.05) is 18.2 Å². The molecule has 5 rings (SSSR count). The highest BCUT2D eigenvalue weighted by Gasteiger charge is 2.19. The smallest absolute Gasteiger partial charge is 0.253 e. The van der Waals surface area contributed by atoms with E-state index in [4.69, 9.17) is 15.7 Å². The number of H-pyrrole nitrogens is 1. The van der Waals surface area contributed by atoms with E-state index < -0.39 is 0 Å². The number of carbonyl (C=O) groups is 1. The maximum atomic E-state index is 12.4. The largest absolute Gasteiger partial charge is 0.382 e. The third-order valence-corrected chi connectivity index (χ3v) is 5.79. The summed E-state index contributed by atoms with van der Waals surface area (Å²) in [4.78, 5) is 33.6. The van der Waals surface area contributed by atoms with Gasteiger partial charge in [-0.25, -0.2) is 15.0 Å². The van der Waals surface area contributed by atoms with Gasteiger partial charge in [0.1, 0.15) is 11.2 Å². The Morgan fingerprint density at radius 2 is 1.88 bits per heavy atom. The Morgan fingerprint density at radius 3 is 2.67 bits per heavy atom. The maximum Gasteiger partial charge on any atom is 0.253 e. The van der Waals surface area contributed by atoms with Crippen LogP contribution in [0.25, 0.3) is 33.8 Å². The molecule has 0 aliphatic carbocycles. The molecule has 1 aliphatic rings. The van der Waals surface area contributed by atoms with Crippen LogP contribution in [0.2, 0.25) is 0 Å². The highest BCUT2D eigenvalue weighted by atomic mass is 16.2. The molecule has 1 saturated heterocycles. The first-order chi connectivity index (χ1) is 16.0. The molecule has 0 radical (unpaired) electrons. The molecule has 1 aliphatic heterocycles. The number of nitrogens with one attached hydrogen (secondary N) is 2. The Balaban J connectivity index is 1.55. The average molecular weight is 443 g/mol.